The highest BCUT2D eigenvalue weighted by Crippen LogP contribution is 2.72. The van der Waals surface area contributed by atoms with Crippen molar-refractivity contribution in [2.75, 3.05) is 0 Å². The number of rotatable bonds is 4. The molecule has 5 aliphatic carbocycles. The van der Waals surface area contributed by atoms with E-state index in [4.69, 9.17) is 0 Å². The minimum Gasteiger partial charge on any atom is -0.0651 e. The Balaban J connectivity index is 1.44. The van der Waals surface area contributed by atoms with Crippen molar-refractivity contribution in [3.8, 4) is 0 Å². The van der Waals surface area contributed by atoms with Gasteiger partial charge in [0.15, 0.2) is 0 Å². The zero-order valence-electron chi connectivity index (χ0n) is 12.5. The smallest absolute Gasteiger partial charge is 0.0240 e. The fourth-order valence-corrected chi connectivity index (χ4v) is 6.98. The van der Waals surface area contributed by atoms with Crippen LogP contribution in [-0.2, 0) is 0 Å². The molecule has 0 radical (unpaired) electrons. The van der Waals surface area contributed by atoms with E-state index in [2.05, 4.69) is 20.8 Å². The van der Waals surface area contributed by atoms with Gasteiger partial charge in [-0.3, -0.25) is 0 Å². The minimum atomic E-state index is 0.802. The van der Waals surface area contributed by atoms with Gasteiger partial charge in [0.05, 0.1) is 0 Å². The third-order valence-corrected chi connectivity index (χ3v) is 8.43. The molecule has 5 aliphatic rings. The Hall–Kier alpha value is 0. The molecule has 0 aromatic carbocycles. The second kappa shape index (κ2) is 3.55. The summed E-state index contributed by atoms with van der Waals surface area (Å²) in [5.41, 5.74) is 1.65. The maximum absolute atomic E-state index is 2.61. The topological polar surface area (TPSA) is 0 Å². The molecule has 0 aromatic rings. The molecular formula is C18H30. The van der Waals surface area contributed by atoms with Crippen LogP contribution in [0.25, 0.3) is 0 Å². The standard InChI is InChI=1S/C18H30/c1-4-14-10-17(7-6-16(14)17)9-12(2)18-8-5-15(11-18)13(18)3/h12-16H,4-11H2,1-3H3. The highest BCUT2D eigenvalue weighted by molar-refractivity contribution is 5.13. The third-order valence-electron chi connectivity index (χ3n) is 8.43. The average Bonchev–Trinajstić information content (AvgIpc) is 2.93. The Morgan fingerprint density at radius 3 is 2.44 bits per heavy atom. The lowest BCUT2D eigenvalue weighted by Crippen LogP contribution is -2.57. The molecule has 0 N–H and O–H groups in total. The molecule has 2 bridgehead atoms. The van der Waals surface area contributed by atoms with Gasteiger partial charge >= 0.3 is 0 Å². The Labute approximate surface area is 113 Å². The van der Waals surface area contributed by atoms with Crippen molar-refractivity contribution in [2.24, 2.45) is 40.4 Å². The quantitative estimate of drug-likeness (QED) is 0.633. The molecule has 0 nitrogen and oxygen atoms in total. The summed E-state index contributed by atoms with van der Waals surface area (Å²) in [6.07, 6.45) is 12.5. The summed E-state index contributed by atoms with van der Waals surface area (Å²) in [4.78, 5) is 0. The fourth-order valence-electron chi connectivity index (χ4n) is 6.98. The minimum absolute atomic E-state index is 0.802. The molecular weight excluding hydrogens is 216 g/mol. The first-order chi connectivity index (χ1) is 8.61. The Bertz CT molecular complexity index is 355. The first-order valence-electron chi connectivity index (χ1n) is 8.61. The first-order valence-corrected chi connectivity index (χ1v) is 8.61. The van der Waals surface area contributed by atoms with Crippen LogP contribution in [0, 0.1) is 40.4 Å². The lowest BCUT2D eigenvalue weighted by atomic mass is 9.39. The predicted octanol–water partition coefficient (Wildman–Crippen LogP) is 5.28. The molecule has 0 aliphatic heterocycles. The van der Waals surface area contributed by atoms with E-state index in [1.807, 2.05) is 0 Å². The van der Waals surface area contributed by atoms with Crippen LogP contribution in [0.2, 0.25) is 0 Å². The zero-order valence-corrected chi connectivity index (χ0v) is 12.5. The molecule has 18 heavy (non-hydrogen) atoms. The Morgan fingerprint density at radius 2 is 2.00 bits per heavy atom. The summed E-state index contributed by atoms with van der Waals surface area (Å²) >= 11 is 0. The van der Waals surface area contributed by atoms with Crippen molar-refractivity contribution in [3.63, 3.8) is 0 Å². The van der Waals surface area contributed by atoms with E-state index in [1.54, 1.807) is 44.9 Å². The maximum atomic E-state index is 2.61. The molecule has 102 valence electrons. The summed E-state index contributed by atoms with van der Waals surface area (Å²) in [6.45, 7) is 7.58. The van der Waals surface area contributed by atoms with Crippen molar-refractivity contribution in [2.45, 2.75) is 72.1 Å². The highest BCUT2D eigenvalue weighted by Gasteiger charge is 2.63. The van der Waals surface area contributed by atoms with Crippen molar-refractivity contribution >= 4 is 0 Å². The van der Waals surface area contributed by atoms with Crippen molar-refractivity contribution in [3.05, 3.63) is 0 Å². The second-order valence-corrected chi connectivity index (χ2v) is 8.51. The molecule has 5 fully saturated rings. The van der Waals surface area contributed by atoms with Crippen LogP contribution in [0.4, 0.5) is 0 Å². The molecule has 0 amide bonds. The number of fused-ring (bicyclic) bond motifs is 2. The monoisotopic (exact) mass is 246 g/mol. The van der Waals surface area contributed by atoms with E-state index in [0.717, 1.165) is 40.4 Å². The van der Waals surface area contributed by atoms with Gasteiger partial charge in [0.2, 0.25) is 0 Å². The molecule has 5 rings (SSSR count). The van der Waals surface area contributed by atoms with E-state index in [9.17, 15) is 0 Å². The van der Waals surface area contributed by atoms with E-state index in [-0.39, 0.29) is 0 Å². The Kier molecular flexibility index (Phi) is 2.33. The highest BCUT2D eigenvalue weighted by atomic mass is 14.7. The van der Waals surface area contributed by atoms with Crippen LogP contribution in [-0.4, -0.2) is 0 Å². The number of hydrogen-bond donors (Lipinski definition) is 0. The van der Waals surface area contributed by atoms with Gasteiger partial charge in [0, 0.05) is 0 Å². The summed E-state index contributed by atoms with van der Waals surface area (Å²) in [5.74, 6) is 5.45. The summed E-state index contributed by atoms with van der Waals surface area (Å²) < 4.78 is 0. The predicted molar refractivity (Wildman–Crippen MR) is 76.3 cm³/mol. The van der Waals surface area contributed by atoms with E-state index >= 15 is 0 Å². The summed E-state index contributed by atoms with van der Waals surface area (Å²) in [7, 11) is 0. The number of hydrogen-bond acceptors (Lipinski definition) is 0. The van der Waals surface area contributed by atoms with E-state index < -0.39 is 0 Å². The van der Waals surface area contributed by atoms with Gasteiger partial charge in [-0.25, -0.2) is 0 Å². The van der Waals surface area contributed by atoms with Crippen molar-refractivity contribution < 1.29 is 0 Å². The van der Waals surface area contributed by atoms with Crippen molar-refractivity contribution in [1.29, 1.82) is 0 Å². The van der Waals surface area contributed by atoms with Gasteiger partial charge in [0.1, 0.15) is 0 Å². The molecule has 0 saturated heterocycles. The van der Waals surface area contributed by atoms with Gasteiger partial charge in [-0.1, -0.05) is 27.2 Å². The molecule has 7 unspecified atom stereocenters. The molecule has 0 heteroatoms. The van der Waals surface area contributed by atoms with Gasteiger partial charge in [0.25, 0.3) is 0 Å². The lowest BCUT2D eigenvalue weighted by molar-refractivity contribution is -0.165. The fraction of sp³-hybridized carbons (Fsp3) is 1.00. The van der Waals surface area contributed by atoms with Crippen LogP contribution >= 0.6 is 0 Å². The zero-order chi connectivity index (χ0) is 12.5. The van der Waals surface area contributed by atoms with Gasteiger partial charge in [-0.15, -0.1) is 0 Å². The molecule has 0 aromatic heterocycles. The van der Waals surface area contributed by atoms with Crippen molar-refractivity contribution in [1.82, 2.24) is 0 Å². The Morgan fingerprint density at radius 1 is 1.17 bits per heavy atom. The SMILES string of the molecule is CCC1CC2(CC(C)C34CCC(C3)C4C)CCC12. The van der Waals surface area contributed by atoms with Gasteiger partial charge in [-0.2, -0.15) is 0 Å². The van der Waals surface area contributed by atoms with Gasteiger partial charge in [-0.05, 0) is 85.4 Å². The van der Waals surface area contributed by atoms with E-state index in [1.165, 1.54) is 6.42 Å². The molecule has 7 atom stereocenters. The van der Waals surface area contributed by atoms with Crippen LogP contribution < -0.4 is 0 Å². The van der Waals surface area contributed by atoms with Gasteiger partial charge < -0.3 is 0 Å². The second-order valence-electron chi connectivity index (χ2n) is 8.51. The summed E-state index contributed by atoms with van der Waals surface area (Å²) in [5, 5.41) is 0. The lowest BCUT2D eigenvalue weighted by Gasteiger charge is -2.66. The van der Waals surface area contributed by atoms with Crippen LogP contribution in [0.15, 0.2) is 0 Å². The maximum Gasteiger partial charge on any atom is -0.0240 e. The van der Waals surface area contributed by atoms with Crippen LogP contribution in [0.5, 0.6) is 0 Å². The van der Waals surface area contributed by atoms with Crippen LogP contribution in [0.1, 0.15) is 72.1 Å². The summed E-state index contributed by atoms with van der Waals surface area (Å²) in [6, 6.07) is 0. The van der Waals surface area contributed by atoms with E-state index in [0.29, 0.717) is 0 Å². The molecule has 0 heterocycles. The normalized spacial score (nSPS) is 58.2. The largest absolute Gasteiger partial charge is 0.0651 e. The van der Waals surface area contributed by atoms with Crippen LogP contribution in [0.3, 0.4) is 0 Å². The molecule has 0 spiro atoms. The average molecular weight is 246 g/mol. The molecule has 5 saturated carbocycles. The third kappa shape index (κ3) is 1.19. The first kappa shape index (κ1) is 11.8.